The van der Waals surface area contributed by atoms with Gasteiger partial charge in [-0.3, -0.25) is 4.57 Å². The van der Waals surface area contributed by atoms with E-state index in [1.165, 1.54) is 15.8 Å². The molecule has 6 nitrogen and oxygen atoms in total. The van der Waals surface area contributed by atoms with E-state index in [0.717, 1.165) is 61.0 Å². The number of nitrogens with zero attached hydrogens (tertiary/aromatic N) is 5. The molecule has 0 N–H and O–H groups in total. The van der Waals surface area contributed by atoms with Crippen LogP contribution in [0.2, 0.25) is 0 Å². The van der Waals surface area contributed by atoms with Gasteiger partial charge in [0.15, 0.2) is 0 Å². The quantitative estimate of drug-likeness (QED) is 0.186. The van der Waals surface area contributed by atoms with Gasteiger partial charge in [0.1, 0.15) is 17.3 Å². The Morgan fingerprint density at radius 1 is 0.580 bits per heavy atom. The molecule has 10 rings (SSSR count). The van der Waals surface area contributed by atoms with Gasteiger partial charge in [0.25, 0.3) is 0 Å². The van der Waals surface area contributed by atoms with E-state index in [-0.39, 0.29) is 6.67 Å². The average molecular weight is 651 g/mol. The van der Waals surface area contributed by atoms with Crippen molar-refractivity contribution in [2.24, 2.45) is 7.05 Å². The maximum Gasteiger partial charge on any atom is 0.139 e. The number of rotatable bonds is 5. The Kier molecular flexibility index (Phi) is 5.61. The lowest BCUT2D eigenvalue weighted by Crippen LogP contribution is -2.23. The number of aryl methyl sites for hydroxylation is 1. The molecule has 6 aromatic carbocycles. The van der Waals surface area contributed by atoms with Crippen molar-refractivity contribution in [2.75, 3.05) is 23.4 Å². The third kappa shape index (κ3) is 4.38. The maximum absolute atomic E-state index is 8.28. The number of ether oxygens (including phenoxy) is 1. The highest BCUT2D eigenvalue weighted by molar-refractivity contribution is 6.11. The van der Waals surface area contributed by atoms with Crippen LogP contribution in [-0.4, -0.2) is 27.8 Å². The summed E-state index contributed by atoms with van der Waals surface area (Å²) < 4.78 is 35.9. The van der Waals surface area contributed by atoms with Gasteiger partial charge in [-0.15, -0.1) is 0 Å². The Bertz CT molecular complexity index is 2880. The van der Waals surface area contributed by atoms with E-state index in [0.29, 0.717) is 17.2 Å². The minimum absolute atomic E-state index is 0.188. The first-order valence-electron chi connectivity index (χ1n) is 18.2. The molecule has 0 saturated carbocycles. The van der Waals surface area contributed by atoms with Crippen LogP contribution in [0.3, 0.4) is 0 Å². The second-order valence-electron chi connectivity index (χ2n) is 12.8. The van der Waals surface area contributed by atoms with E-state index in [2.05, 4.69) is 101 Å². The first-order valence-corrected chi connectivity index (χ1v) is 16.7. The number of hydrogen-bond donors (Lipinski definition) is 0. The summed E-state index contributed by atoms with van der Waals surface area (Å²) >= 11 is 0. The number of hydrogen-bond acceptors (Lipinski definition) is 4. The number of aromatic nitrogens is 3. The molecule has 0 saturated heterocycles. The molecule has 4 heterocycles. The number of pyridine rings is 1. The molecule has 0 aliphatic carbocycles. The average Bonchev–Trinajstić information content (AvgIpc) is 3.83. The molecule has 6 heteroatoms. The van der Waals surface area contributed by atoms with Crippen molar-refractivity contribution in [3.8, 4) is 28.4 Å². The van der Waals surface area contributed by atoms with Crippen molar-refractivity contribution in [1.29, 1.82) is 0 Å². The summed E-state index contributed by atoms with van der Waals surface area (Å²) in [5.41, 5.74) is 8.76. The van der Waals surface area contributed by atoms with Crippen LogP contribution in [0.25, 0.3) is 60.6 Å². The molecule has 0 atom stereocenters. The summed E-state index contributed by atoms with van der Waals surface area (Å²) in [6.45, 7) is -2.11. The van der Waals surface area contributed by atoms with Crippen molar-refractivity contribution in [2.45, 2.75) is 0 Å². The topological polar surface area (TPSA) is 38.5 Å². The summed E-state index contributed by atoms with van der Waals surface area (Å²) in [6, 6.07) is 49.1. The van der Waals surface area contributed by atoms with Crippen molar-refractivity contribution in [3.63, 3.8) is 0 Å². The molecular weight excluding hydrogens is 615 g/mol. The Labute approximate surface area is 293 Å². The molecule has 0 amide bonds. The second-order valence-corrected chi connectivity index (χ2v) is 12.8. The first-order chi connectivity index (χ1) is 25.8. The molecule has 1 aliphatic heterocycles. The zero-order valence-electron chi connectivity index (χ0n) is 30.3. The van der Waals surface area contributed by atoms with Gasteiger partial charge in [-0.05, 0) is 59.7 Å². The largest absolute Gasteiger partial charge is 0.457 e. The van der Waals surface area contributed by atoms with E-state index in [9.17, 15) is 0 Å². The lowest BCUT2D eigenvalue weighted by atomic mass is 10.0. The van der Waals surface area contributed by atoms with Gasteiger partial charge in [0, 0.05) is 75.3 Å². The number of benzene rings is 6. The highest BCUT2D eigenvalue weighted by atomic mass is 16.5. The molecule has 3 aromatic heterocycles. The van der Waals surface area contributed by atoms with Crippen LogP contribution in [0.5, 0.6) is 11.5 Å². The van der Waals surface area contributed by atoms with E-state index < -0.39 is 6.98 Å². The normalized spacial score (nSPS) is 14.0. The standard InChI is InChI=1S/C44H33N5O/c1-46-28-48(43-23-30(19-22-40(43)46)29-11-4-3-5-12-29)31-13-10-14-32(24-31)50-33-20-21-36-34-15-7-9-18-39(34)49(42(36)25-33)44-26-41-37(27-45-44)35-16-6-8-17-38(35)47(41)2/h3-27H,28H2,1-2H3/i1D3. The van der Waals surface area contributed by atoms with Gasteiger partial charge >= 0.3 is 0 Å². The molecule has 9 aromatic rings. The van der Waals surface area contributed by atoms with Crippen LogP contribution in [0, 0.1) is 0 Å². The molecule has 0 unspecified atom stereocenters. The SMILES string of the molecule is [2H]C([2H])([2H])N1CN(c2cccc(Oc3ccc4c5ccccc5n(-c5cc6c(cn5)c5ccccc5n6C)c4c3)c2)c2cc(-c3ccccc3)ccc21. The predicted octanol–water partition coefficient (Wildman–Crippen LogP) is 10.8. The molecular formula is C44H33N5O. The van der Waals surface area contributed by atoms with E-state index in [1.54, 1.807) is 0 Å². The van der Waals surface area contributed by atoms with Crippen molar-refractivity contribution >= 4 is 60.7 Å². The van der Waals surface area contributed by atoms with Gasteiger partial charge in [-0.2, -0.15) is 0 Å². The fourth-order valence-electron chi connectivity index (χ4n) is 7.57. The van der Waals surface area contributed by atoms with Crippen LogP contribution in [-0.2, 0) is 7.05 Å². The zero-order valence-corrected chi connectivity index (χ0v) is 27.3. The molecule has 0 bridgehead atoms. The Morgan fingerprint density at radius 2 is 1.34 bits per heavy atom. The minimum atomic E-state index is -2.30. The third-order valence-corrected chi connectivity index (χ3v) is 9.97. The monoisotopic (exact) mass is 650 g/mol. The smallest absolute Gasteiger partial charge is 0.139 e. The molecule has 0 radical (unpaired) electrons. The lowest BCUT2D eigenvalue weighted by molar-refractivity contribution is 0.483. The van der Waals surface area contributed by atoms with Crippen molar-refractivity contribution in [1.82, 2.24) is 14.1 Å². The lowest BCUT2D eigenvalue weighted by Gasteiger charge is -2.20. The van der Waals surface area contributed by atoms with Gasteiger partial charge < -0.3 is 19.1 Å². The zero-order chi connectivity index (χ0) is 35.8. The van der Waals surface area contributed by atoms with Crippen LogP contribution < -0.4 is 14.5 Å². The Hall–Kier alpha value is -6.53. The van der Waals surface area contributed by atoms with Crippen LogP contribution in [0.15, 0.2) is 152 Å². The summed E-state index contributed by atoms with van der Waals surface area (Å²) in [4.78, 5) is 8.52. The maximum atomic E-state index is 8.28. The fourth-order valence-corrected chi connectivity index (χ4v) is 7.57. The van der Waals surface area contributed by atoms with Gasteiger partial charge in [0.2, 0.25) is 0 Å². The van der Waals surface area contributed by atoms with Gasteiger partial charge in [-0.1, -0.05) is 78.9 Å². The predicted molar refractivity (Wildman–Crippen MR) is 206 cm³/mol. The van der Waals surface area contributed by atoms with Crippen molar-refractivity contribution < 1.29 is 8.85 Å². The fraction of sp³-hybridized carbons (Fsp3) is 0.0682. The van der Waals surface area contributed by atoms with Gasteiger partial charge in [0.05, 0.1) is 34.6 Å². The summed E-state index contributed by atoms with van der Waals surface area (Å²) in [5.74, 6) is 2.16. The Morgan fingerprint density at radius 3 is 2.20 bits per heavy atom. The molecule has 0 fully saturated rings. The van der Waals surface area contributed by atoms with Crippen LogP contribution >= 0.6 is 0 Å². The molecule has 1 aliphatic rings. The summed E-state index contributed by atoms with van der Waals surface area (Å²) in [7, 11) is 2.10. The van der Waals surface area contributed by atoms with E-state index in [1.807, 2.05) is 71.8 Å². The number of anilines is 3. The van der Waals surface area contributed by atoms with E-state index >= 15 is 0 Å². The third-order valence-electron chi connectivity index (χ3n) is 9.97. The first kappa shape index (κ1) is 25.5. The van der Waals surface area contributed by atoms with Crippen molar-refractivity contribution in [3.05, 3.63) is 152 Å². The summed E-state index contributed by atoms with van der Waals surface area (Å²) in [5, 5.41) is 4.55. The number of para-hydroxylation sites is 2. The highest BCUT2D eigenvalue weighted by Crippen LogP contribution is 2.43. The molecule has 50 heavy (non-hydrogen) atoms. The highest BCUT2D eigenvalue weighted by Gasteiger charge is 2.25. The van der Waals surface area contributed by atoms with E-state index in [4.69, 9.17) is 13.8 Å². The minimum Gasteiger partial charge on any atom is -0.457 e. The van der Waals surface area contributed by atoms with Crippen LogP contribution in [0.4, 0.5) is 17.1 Å². The number of fused-ring (bicyclic) bond motifs is 7. The second kappa shape index (κ2) is 11.0. The summed E-state index contributed by atoms with van der Waals surface area (Å²) in [6.07, 6.45) is 1.98. The van der Waals surface area contributed by atoms with Gasteiger partial charge in [-0.25, -0.2) is 4.98 Å². The molecule has 0 spiro atoms. The Balaban J connectivity index is 1.04. The van der Waals surface area contributed by atoms with Crippen LogP contribution in [0.1, 0.15) is 4.11 Å². The molecule has 240 valence electrons.